The summed E-state index contributed by atoms with van der Waals surface area (Å²) in [5.74, 6) is -0.597. The molecule has 5 nitrogen and oxygen atoms in total. The fraction of sp³-hybridized carbons (Fsp3) is 0.500. The van der Waals surface area contributed by atoms with E-state index in [9.17, 15) is 9.59 Å². The number of hydrogen-bond acceptors (Lipinski definition) is 3. The van der Waals surface area contributed by atoms with Gasteiger partial charge in [0.2, 0.25) is 5.91 Å². The molecule has 2 N–H and O–H groups in total. The molecule has 1 aliphatic rings. The third-order valence-corrected chi connectivity index (χ3v) is 4.41. The predicted molar refractivity (Wildman–Crippen MR) is 79.8 cm³/mol. The second-order valence-electron chi connectivity index (χ2n) is 5.52. The van der Waals surface area contributed by atoms with Crippen LogP contribution in [0.3, 0.4) is 0 Å². The van der Waals surface area contributed by atoms with Gasteiger partial charge < -0.3 is 15.2 Å². The number of aromatic carboxylic acids is 1. The average molecular weight is 291 g/mol. The van der Waals surface area contributed by atoms with Crippen LogP contribution in [-0.2, 0) is 4.79 Å². The van der Waals surface area contributed by atoms with E-state index >= 15 is 0 Å². The number of carboxylic acids is 1. The van der Waals surface area contributed by atoms with Gasteiger partial charge in [0.15, 0.2) is 0 Å². The number of amides is 1. The first-order valence-electron chi connectivity index (χ1n) is 7.25. The molecule has 0 bridgehead atoms. The first-order valence-corrected chi connectivity index (χ1v) is 7.25. The molecular formula is C16H21NO4. The van der Waals surface area contributed by atoms with Crippen molar-refractivity contribution in [3.8, 4) is 5.75 Å². The number of benzene rings is 1. The predicted octanol–water partition coefficient (Wildman–Crippen LogP) is 3.30. The van der Waals surface area contributed by atoms with Gasteiger partial charge in [0.25, 0.3) is 0 Å². The summed E-state index contributed by atoms with van der Waals surface area (Å²) in [4.78, 5) is 23.7. The molecule has 5 heteroatoms. The van der Waals surface area contributed by atoms with Crippen LogP contribution in [0.4, 0.5) is 5.69 Å². The van der Waals surface area contributed by atoms with Crippen LogP contribution in [0.5, 0.6) is 5.75 Å². The summed E-state index contributed by atoms with van der Waals surface area (Å²) in [6.07, 6.45) is 4.69. The summed E-state index contributed by atoms with van der Waals surface area (Å²) in [5, 5.41) is 11.9. The standard InChI is InChI=1S/C16H21NO4/c1-3-16(8-4-5-9-16)15(20)17-12-10-11(14(18)19)6-7-13(12)21-2/h6-7,10H,3-5,8-9H2,1-2H3,(H,17,20)(H,18,19). The van der Waals surface area contributed by atoms with Gasteiger partial charge in [-0.15, -0.1) is 0 Å². The molecule has 21 heavy (non-hydrogen) atoms. The molecule has 0 radical (unpaired) electrons. The lowest BCUT2D eigenvalue weighted by Crippen LogP contribution is -2.33. The van der Waals surface area contributed by atoms with Gasteiger partial charge in [0.05, 0.1) is 18.4 Å². The maximum atomic E-state index is 12.6. The molecule has 1 aromatic rings. The molecule has 2 rings (SSSR count). The molecule has 114 valence electrons. The van der Waals surface area contributed by atoms with Gasteiger partial charge in [-0.3, -0.25) is 4.79 Å². The summed E-state index contributed by atoms with van der Waals surface area (Å²) in [5.41, 5.74) is 0.217. The minimum atomic E-state index is -1.03. The van der Waals surface area contributed by atoms with Gasteiger partial charge in [-0.25, -0.2) is 4.79 Å². The van der Waals surface area contributed by atoms with Crippen molar-refractivity contribution in [1.29, 1.82) is 0 Å². The van der Waals surface area contributed by atoms with E-state index in [4.69, 9.17) is 9.84 Å². The van der Waals surface area contributed by atoms with Gasteiger partial charge in [-0.05, 0) is 37.5 Å². The highest BCUT2D eigenvalue weighted by molar-refractivity contribution is 5.98. The molecule has 0 spiro atoms. The Morgan fingerprint density at radius 3 is 2.52 bits per heavy atom. The smallest absolute Gasteiger partial charge is 0.335 e. The van der Waals surface area contributed by atoms with E-state index in [1.165, 1.54) is 19.2 Å². The summed E-state index contributed by atoms with van der Waals surface area (Å²) in [6.45, 7) is 2.02. The zero-order valence-electron chi connectivity index (χ0n) is 12.4. The number of nitrogens with one attached hydrogen (secondary N) is 1. The van der Waals surface area contributed by atoms with Crippen molar-refractivity contribution in [2.24, 2.45) is 5.41 Å². The van der Waals surface area contributed by atoms with Crippen molar-refractivity contribution in [2.75, 3.05) is 12.4 Å². The van der Waals surface area contributed by atoms with Crippen LogP contribution in [0.2, 0.25) is 0 Å². The SMILES string of the molecule is CCC1(C(=O)Nc2cc(C(=O)O)ccc2OC)CCCC1. The van der Waals surface area contributed by atoms with Gasteiger partial charge in [-0.1, -0.05) is 19.8 Å². The number of carboxylic acid groups (broad SMARTS) is 1. The molecule has 0 atom stereocenters. The Bertz CT molecular complexity index is 547. The number of anilines is 1. The summed E-state index contributed by atoms with van der Waals surface area (Å²) >= 11 is 0. The van der Waals surface area contributed by atoms with Crippen molar-refractivity contribution >= 4 is 17.6 Å². The average Bonchev–Trinajstić information content (AvgIpc) is 2.97. The zero-order valence-corrected chi connectivity index (χ0v) is 12.4. The number of rotatable bonds is 5. The highest BCUT2D eigenvalue weighted by Gasteiger charge is 2.39. The Balaban J connectivity index is 2.27. The van der Waals surface area contributed by atoms with Crippen LogP contribution in [0, 0.1) is 5.41 Å². The second-order valence-corrected chi connectivity index (χ2v) is 5.52. The minimum absolute atomic E-state index is 0.0386. The van der Waals surface area contributed by atoms with Crippen LogP contribution in [0.15, 0.2) is 18.2 Å². The Morgan fingerprint density at radius 2 is 2.00 bits per heavy atom. The quantitative estimate of drug-likeness (QED) is 0.872. The highest BCUT2D eigenvalue weighted by atomic mass is 16.5. The van der Waals surface area contributed by atoms with Gasteiger partial charge in [0, 0.05) is 5.41 Å². The largest absolute Gasteiger partial charge is 0.495 e. The van der Waals surface area contributed by atoms with E-state index in [2.05, 4.69) is 5.32 Å². The van der Waals surface area contributed by atoms with Crippen LogP contribution >= 0.6 is 0 Å². The summed E-state index contributed by atoms with van der Waals surface area (Å²) < 4.78 is 5.20. The van der Waals surface area contributed by atoms with Crippen molar-refractivity contribution < 1.29 is 19.4 Å². The van der Waals surface area contributed by atoms with Crippen LogP contribution < -0.4 is 10.1 Å². The minimum Gasteiger partial charge on any atom is -0.495 e. The lowest BCUT2D eigenvalue weighted by Gasteiger charge is -2.26. The van der Waals surface area contributed by atoms with E-state index in [1.54, 1.807) is 6.07 Å². The molecule has 0 heterocycles. The van der Waals surface area contributed by atoms with Crippen molar-refractivity contribution in [2.45, 2.75) is 39.0 Å². The van der Waals surface area contributed by atoms with Crippen molar-refractivity contribution in [3.63, 3.8) is 0 Å². The monoisotopic (exact) mass is 291 g/mol. The zero-order chi connectivity index (χ0) is 15.5. The van der Waals surface area contributed by atoms with Gasteiger partial charge in [-0.2, -0.15) is 0 Å². The number of carbonyl (C=O) groups is 2. The molecule has 1 aliphatic carbocycles. The number of methoxy groups -OCH3 is 1. The van der Waals surface area contributed by atoms with Crippen molar-refractivity contribution in [1.82, 2.24) is 0 Å². The summed E-state index contributed by atoms with van der Waals surface area (Å²) in [7, 11) is 1.50. The molecule has 1 aromatic carbocycles. The lowest BCUT2D eigenvalue weighted by atomic mass is 9.82. The third kappa shape index (κ3) is 3.01. The lowest BCUT2D eigenvalue weighted by molar-refractivity contribution is -0.125. The molecule has 0 saturated heterocycles. The van der Waals surface area contributed by atoms with Gasteiger partial charge in [0.1, 0.15) is 5.75 Å². The fourth-order valence-corrected chi connectivity index (χ4v) is 2.99. The Hall–Kier alpha value is -2.04. The first kappa shape index (κ1) is 15.4. The van der Waals surface area contributed by atoms with E-state index in [-0.39, 0.29) is 16.9 Å². The fourth-order valence-electron chi connectivity index (χ4n) is 2.99. The van der Waals surface area contributed by atoms with Crippen LogP contribution in [0.1, 0.15) is 49.4 Å². The van der Waals surface area contributed by atoms with E-state index in [0.717, 1.165) is 32.1 Å². The Morgan fingerprint density at radius 1 is 1.33 bits per heavy atom. The topological polar surface area (TPSA) is 75.6 Å². The molecule has 0 aliphatic heterocycles. The van der Waals surface area contributed by atoms with E-state index in [1.807, 2.05) is 6.92 Å². The maximum absolute atomic E-state index is 12.6. The highest BCUT2D eigenvalue weighted by Crippen LogP contribution is 2.42. The van der Waals surface area contributed by atoms with Crippen LogP contribution in [-0.4, -0.2) is 24.1 Å². The van der Waals surface area contributed by atoms with Crippen LogP contribution in [0.25, 0.3) is 0 Å². The third-order valence-electron chi connectivity index (χ3n) is 4.41. The maximum Gasteiger partial charge on any atom is 0.335 e. The molecule has 1 fully saturated rings. The number of carbonyl (C=O) groups excluding carboxylic acids is 1. The second kappa shape index (κ2) is 6.16. The molecular weight excluding hydrogens is 270 g/mol. The van der Waals surface area contributed by atoms with Gasteiger partial charge >= 0.3 is 5.97 Å². The summed E-state index contributed by atoms with van der Waals surface area (Å²) in [6, 6.07) is 4.46. The molecule has 0 aromatic heterocycles. The number of ether oxygens (including phenoxy) is 1. The number of hydrogen-bond donors (Lipinski definition) is 2. The van der Waals surface area contributed by atoms with E-state index < -0.39 is 5.97 Å². The van der Waals surface area contributed by atoms with Crippen molar-refractivity contribution in [3.05, 3.63) is 23.8 Å². The molecule has 0 unspecified atom stereocenters. The first-order chi connectivity index (χ1) is 10.0. The Kier molecular flexibility index (Phi) is 4.50. The molecule has 1 saturated carbocycles. The Labute approximate surface area is 124 Å². The van der Waals surface area contributed by atoms with E-state index in [0.29, 0.717) is 11.4 Å². The molecule has 1 amide bonds. The normalized spacial score (nSPS) is 16.5.